The molecule has 0 aromatic carbocycles. The zero-order chi connectivity index (χ0) is 12.3. The van der Waals surface area contributed by atoms with E-state index in [-0.39, 0.29) is 6.04 Å². The number of aromatic nitrogens is 2. The fourth-order valence-electron chi connectivity index (χ4n) is 1.48. The van der Waals surface area contributed by atoms with Crippen molar-refractivity contribution in [1.29, 1.82) is 5.26 Å². The molecule has 5 heteroatoms. The maximum atomic E-state index is 8.66. The average Bonchev–Trinajstić information content (AvgIpc) is 2.91. The highest BCUT2D eigenvalue weighted by Gasteiger charge is 2.14. The van der Waals surface area contributed by atoms with Gasteiger partial charge in [-0.3, -0.25) is 0 Å². The number of nitrogens with zero attached hydrogens (tertiary/aromatic N) is 4. The maximum Gasteiger partial charge on any atom is 0.158 e. The molecule has 0 aliphatic heterocycles. The number of rotatable bonds is 3. The van der Waals surface area contributed by atoms with E-state index in [0.29, 0.717) is 5.69 Å². The molecule has 0 bridgehead atoms. The van der Waals surface area contributed by atoms with E-state index in [4.69, 9.17) is 5.26 Å². The number of thiophene rings is 1. The Morgan fingerprint density at radius 2 is 2.24 bits per heavy atom. The second-order valence-corrected chi connectivity index (χ2v) is 4.65. The molecule has 1 atom stereocenters. The summed E-state index contributed by atoms with van der Waals surface area (Å²) in [7, 11) is 1.97. The van der Waals surface area contributed by atoms with Gasteiger partial charge in [0.15, 0.2) is 5.69 Å². The summed E-state index contributed by atoms with van der Waals surface area (Å²) in [6.07, 6.45) is 3.12. The van der Waals surface area contributed by atoms with Crippen LogP contribution >= 0.6 is 11.3 Å². The molecule has 2 heterocycles. The van der Waals surface area contributed by atoms with E-state index in [0.717, 1.165) is 5.82 Å². The lowest BCUT2D eigenvalue weighted by molar-refractivity contribution is 0.739. The summed E-state index contributed by atoms with van der Waals surface area (Å²) in [6.45, 7) is 2.12. The number of hydrogen-bond donors (Lipinski definition) is 0. The van der Waals surface area contributed by atoms with Crippen molar-refractivity contribution in [3.63, 3.8) is 0 Å². The van der Waals surface area contributed by atoms with Gasteiger partial charge in [0.25, 0.3) is 0 Å². The summed E-state index contributed by atoms with van der Waals surface area (Å²) in [5, 5.41) is 10.7. The van der Waals surface area contributed by atoms with Gasteiger partial charge >= 0.3 is 0 Å². The van der Waals surface area contributed by atoms with Crippen LogP contribution in [0.2, 0.25) is 0 Å². The standard InChI is InChI=1S/C12H12N4S/c1-9(11-4-3-5-17-11)16(2)12-8-14-10(6-13)7-15-12/h3-5,7-9H,1-2H3. The van der Waals surface area contributed by atoms with E-state index in [1.807, 2.05) is 24.1 Å². The first-order chi connectivity index (χ1) is 8.22. The average molecular weight is 244 g/mol. The van der Waals surface area contributed by atoms with E-state index in [1.165, 1.54) is 11.1 Å². The largest absolute Gasteiger partial charge is 0.351 e. The summed E-state index contributed by atoms with van der Waals surface area (Å²) in [4.78, 5) is 11.6. The fourth-order valence-corrected chi connectivity index (χ4v) is 2.31. The first-order valence-electron chi connectivity index (χ1n) is 5.20. The third kappa shape index (κ3) is 2.43. The van der Waals surface area contributed by atoms with Crippen LogP contribution in [0.3, 0.4) is 0 Å². The van der Waals surface area contributed by atoms with Gasteiger partial charge in [0.05, 0.1) is 18.4 Å². The summed E-state index contributed by atoms with van der Waals surface area (Å²) < 4.78 is 0. The molecule has 4 nitrogen and oxygen atoms in total. The van der Waals surface area contributed by atoms with E-state index in [9.17, 15) is 0 Å². The Balaban J connectivity index is 2.19. The van der Waals surface area contributed by atoms with Crippen LogP contribution in [-0.2, 0) is 0 Å². The van der Waals surface area contributed by atoms with Crippen molar-refractivity contribution in [2.45, 2.75) is 13.0 Å². The summed E-state index contributed by atoms with van der Waals surface area (Å²) in [5.74, 6) is 0.768. The van der Waals surface area contributed by atoms with Crippen LogP contribution in [0.5, 0.6) is 0 Å². The number of anilines is 1. The molecule has 0 saturated carbocycles. The highest BCUT2D eigenvalue weighted by Crippen LogP contribution is 2.26. The van der Waals surface area contributed by atoms with Gasteiger partial charge in [0.2, 0.25) is 0 Å². The molecule has 17 heavy (non-hydrogen) atoms. The Morgan fingerprint density at radius 3 is 2.76 bits per heavy atom. The third-order valence-electron chi connectivity index (χ3n) is 2.65. The highest BCUT2D eigenvalue weighted by atomic mass is 32.1. The number of hydrogen-bond acceptors (Lipinski definition) is 5. The topological polar surface area (TPSA) is 52.8 Å². The van der Waals surface area contributed by atoms with E-state index in [1.54, 1.807) is 17.5 Å². The maximum absolute atomic E-state index is 8.66. The van der Waals surface area contributed by atoms with Crippen molar-refractivity contribution >= 4 is 17.2 Å². The molecule has 86 valence electrons. The SMILES string of the molecule is CC(c1cccs1)N(C)c1cnc(C#N)cn1. The van der Waals surface area contributed by atoms with Crippen LogP contribution in [0, 0.1) is 11.3 Å². The molecule has 0 aliphatic rings. The summed E-state index contributed by atoms with van der Waals surface area (Å²) in [5.41, 5.74) is 0.339. The highest BCUT2D eigenvalue weighted by molar-refractivity contribution is 7.10. The molecule has 0 amide bonds. The first kappa shape index (κ1) is 11.6. The lowest BCUT2D eigenvalue weighted by Crippen LogP contribution is -2.22. The second-order valence-electron chi connectivity index (χ2n) is 3.67. The summed E-state index contributed by atoms with van der Waals surface area (Å²) >= 11 is 1.72. The molecule has 0 N–H and O–H groups in total. The lowest BCUT2D eigenvalue weighted by Gasteiger charge is -2.24. The second kappa shape index (κ2) is 4.93. The molecule has 0 aliphatic carbocycles. The predicted molar refractivity (Wildman–Crippen MR) is 67.9 cm³/mol. The smallest absolute Gasteiger partial charge is 0.158 e. The molecule has 0 spiro atoms. The van der Waals surface area contributed by atoms with Crippen molar-refractivity contribution in [2.24, 2.45) is 0 Å². The van der Waals surface area contributed by atoms with Crippen molar-refractivity contribution in [3.8, 4) is 6.07 Å². The minimum absolute atomic E-state index is 0.247. The van der Waals surface area contributed by atoms with E-state index < -0.39 is 0 Å². The molecule has 2 aromatic heterocycles. The van der Waals surface area contributed by atoms with Crippen LogP contribution in [0.15, 0.2) is 29.9 Å². The Hall–Kier alpha value is -1.93. The zero-order valence-corrected chi connectivity index (χ0v) is 10.5. The van der Waals surface area contributed by atoms with Gasteiger partial charge in [-0.2, -0.15) is 5.26 Å². The van der Waals surface area contributed by atoms with Gasteiger partial charge in [-0.25, -0.2) is 9.97 Å². The van der Waals surface area contributed by atoms with E-state index in [2.05, 4.69) is 28.3 Å². The van der Waals surface area contributed by atoms with Gasteiger partial charge in [-0.1, -0.05) is 6.07 Å². The fraction of sp³-hybridized carbons (Fsp3) is 0.250. The molecule has 2 rings (SSSR count). The van der Waals surface area contributed by atoms with E-state index >= 15 is 0 Å². The normalized spacial score (nSPS) is 11.8. The summed E-state index contributed by atoms with van der Waals surface area (Å²) in [6, 6.07) is 6.34. The molecule has 0 saturated heterocycles. The predicted octanol–water partition coefficient (Wildman–Crippen LogP) is 2.61. The quantitative estimate of drug-likeness (QED) is 0.832. The Kier molecular flexibility index (Phi) is 3.35. The van der Waals surface area contributed by atoms with Gasteiger partial charge < -0.3 is 4.90 Å². The molecule has 0 fully saturated rings. The molecule has 1 unspecified atom stereocenters. The van der Waals surface area contributed by atoms with Crippen molar-refractivity contribution < 1.29 is 0 Å². The zero-order valence-electron chi connectivity index (χ0n) is 9.66. The van der Waals surface area contributed by atoms with Crippen LogP contribution in [0.1, 0.15) is 23.5 Å². The van der Waals surface area contributed by atoms with Gasteiger partial charge in [-0.15, -0.1) is 11.3 Å². The lowest BCUT2D eigenvalue weighted by atomic mass is 10.2. The van der Waals surface area contributed by atoms with Crippen LogP contribution in [0.25, 0.3) is 0 Å². The molecule has 2 aromatic rings. The molecule has 0 radical (unpaired) electrons. The van der Waals surface area contributed by atoms with Crippen LogP contribution in [0.4, 0.5) is 5.82 Å². The van der Waals surface area contributed by atoms with Crippen molar-refractivity contribution in [3.05, 3.63) is 40.5 Å². The van der Waals surface area contributed by atoms with Crippen LogP contribution in [-0.4, -0.2) is 17.0 Å². The minimum atomic E-state index is 0.247. The molecular weight excluding hydrogens is 232 g/mol. The van der Waals surface area contributed by atoms with Gasteiger partial charge in [0.1, 0.15) is 11.9 Å². The first-order valence-corrected chi connectivity index (χ1v) is 6.08. The Bertz CT molecular complexity index is 512. The van der Waals surface area contributed by atoms with Crippen LogP contribution < -0.4 is 4.90 Å². The molecular formula is C12H12N4S. The Labute approximate surface area is 104 Å². The Morgan fingerprint density at radius 1 is 1.41 bits per heavy atom. The minimum Gasteiger partial charge on any atom is -0.351 e. The third-order valence-corrected chi connectivity index (χ3v) is 3.69. The monoisotopic (exact) mass is 244 g/mol. The van der Waals surface area contributed by atoms with Crippen molar-refractivity contribution in [1.82, 2.24) is 9.97 Å². The number of nitriles is 1. The van der Waals surface area contributed by atoms with Crippen molar-refractivity contribution in [2.75, 3.05) is 11.9 Å². The van der Waals surface area contributed by atoms with Gasteiger partial charge in [0, 0.05) is 11.9 Å². The van der Waals surface area contributed by atoms with Gasteiger partial charge in [-0.05, 0) is 18.4 Å².